The zero-order valence-corrected chi connectivity index (χ0v) is 51.3. The van der Waals surface area contributed by atoms with Gasteiger partial charge in [-0.05, 0) is 69.9 Å². The van der Waals surface area contributed by atoms with Gasteiger partial charge in [0.2, 0.25) is 16.0 Å². The molecule has 0 saturated carbocycles. The van der Waals surface area contributed by atoms with E-state index in [4.69, 9.17) is 39.9 Å². The maximum Gasteiger partial charge on any atom is 2.00 e. The molecule has 12 rings (SSSR count). The second kappa shape index (κ2) is 26.3. The van der Waals surface area contributed by atoms with Gasteiger partial charge in [0.25, 0.3) is 0 Å². The number of benzene rings is 6. The molecule has 0 fully saturated rings. The minimum atomic E-state index is -4.65. The molecule has 6 heterocycles. The first-order chi connectivity index (χ1) is 37.5. The standard InChI is InChI=1S/C32H16N8.C20H23N5O8S3.C2H6.Cu.2Na/c1-2-10-18-17(9-1)25-33-26(18)38-28-21-13-5-6-14-22(21)30(35-28)40-32-24-16-8-7-15-23(24)31(36-32)39-29-20-12-4-3-11-19(20)27(34-29)37-25;1-34(26,27)21-11-3-6-18-23-19(13-14-4-2-5-17(12-14)36(31,32)33)25-20(24-18)22-15-7-9-16(10-8-15)35(28,29)30;1-2;;;/h1-16H;2,4-5,7-10,12,21H,3,6,11,13H2,1H3,(H,28,29,30)(H,31,32,33)(H,22,23,24,25);1-2H3;;;/q-2;;;+2;2*+1/p-2. The molecule has 0 unspecified atom stereocenters. The Kier molecular flexibility index (Phi) is 20.3. The third-order valence-corrected chi connectivity index (χ3v) is 14.4. The molecule has 2 aliphatic heterocycles. The van der Waals surface area contributed by atoms with Crippen molar-refractivity contribution in [2.75, 3.05) is 18.1 Å². The number of nitrogens with one attached hydrogen (secondary N) is 2. The van der Waals surface area contributed by atoms with Crippen molar-refractivity contribution in [2.45, 2.75) is 42.9 Å². The molecule has 0 spiro atoms. The molecule has 2 aliphatic rings. The molecule has 81 heavy (non-hydrogen) atoms. The number of hydrogen-bond acceptors (Lipinski definition) is 18. The molecule has 0 saturated heterocycles. The van der Waals surface area contributed by atoms with Crippen molar-refractivity contribution in [1.82, 2.24) is 59.5 Å². The Hall–Kier alpha value is -6.26. The predicted octanol–water partition coefficient (Wildman–Crippen LogP) is 1.66. The molecule has 8 bridgehead atoms. The number of nitrogens with zero attached hydrogens (tertiary/aromatic N) is 11. The summed E-state index contributed by atoms with van der Waals surface area (Å²) in [6.07, 6.45) is 1.74. The molecule has 27 heteroatoms. The number of anilines is 2. The van der Waals surface area contributed by atoms with Crippen LogP contribution in [0.3, 0.4) is 0 Å². The predicted molar refractivity (Wildman–Crippen MR) is 291 cm³/mol. The van der Waals surface area contributed by atoms with Crippen LogP contribution in [0.5, 0.6) is 0 Å². The average molecular weight is 1210 g/mol. The van der Waals surface area contributed by atoms with E-state index in [1.54, 1.807) is 6.07 Å². The van der Waals surface area contributed by atoms with Crippen LogP contribution in [0.15, 0.2) is 155 Å². The summed E-state index contributed by atoms with van der Waals surface area (Å²) in [5.74, 6) is 2.83. The van der Waals surface area contributed by atoms with Gasteiger partial charge in [-0.1, -0.05) is 123 Å². The molecule has 2 N–H and O–H groups in total. The molecule has 1 radical (unpaired) electrons. The smallest absolute Gasteiger partial charge is 0.744 e. The Morgan fingerprint density at radius 1 is 0.469 bits per heavy atom. The molecule has 6 aromatic carbocycles. The Bertz CT molecular complexity index is 4180. The Morgan fingerprint density at radius 3 is 1.28 bits per heavy atom. The van der Waals surface area contributed by atoms with Gasteiger partial charge in [0, 0.05) is 69.9 Å². The Labute approximate surface area is 520 Å². The molecular formula is C54H43CuN13Na2O8S3. The van der Waals surface area contributed by atoms with Crippen molar-refractivity contribution in [3.63, 3.8) is 0 Å². The summed E-state index contributed by atoms with van der Waals surface area (Å²) in [4.78, 5) is 51.4. The number of fused-ring (bicyclic) bond motifs is 20. The first kappa shape index (κ1) is 62.3. The average Bonchev–Trinajstić information content (AvgIpc) is 3.87. The van der Waals surface area contributed by atoms with Gasteiger partial charge in [0.1, 0.15) is 31.9 Å². The largest absolute Gasteiger partial charge is 2.00 e. The van der Waals surface area contributed by atoms with E-state index in [9.17, 15) is 34.4 Å². The summed E-state index contributed by atoms with van der Waals surface area (Å²) in [6, 6.07) is 42.2. The molecule has 4 aromatic heterocycles. The van der Waals surface area contributed by atoms with Gasteiger partial charge < -0.3 is 44.3 Å². The third kappa shape index (κ3) is 14.5. The van der Waals surface area contributed by atoms with E-state index in [2.05, 4.69) is 25.0 Å². The van der Waals surface area contributed by atoms with Gasteiger partial charge >= 0.3 is 76.2 Å². The monoisotopic (exact) mass is 1210 g/mol. The van der Waals surface area contributed by atoms with Crippen molar-refractivity contribution in [2.24, 2.45) is 0 Å². The van der Waals surface area contributed by atoms with Crippen LogP contribution in [0.1, 0.15) is 37.5 Å². The molecule has 10 aromatic rings. The van der Waals surface area contributed by atoms with Crippen LogP contribution < -0.4 is 79.1 Å². The summed E-state index contributed by atoms with van der Waals surface area (Å²) in [5.41, 5.74) is 6.62. The first-order valence-corrected chi connectivity index (χ1v) is 28.8. The van der Waals surface area contributed by atoms with E-state index in [0.717, 1.165) is 62.2 Å². The maximum absolute atomic E-state index is 11.3. The van der Waals surface area contributed by atoms with Crippen molar-refractivity contribution in [1.29, 1.82) is 0 Å². The van der Waals surface area contributed by atoms with Crippen LogP contribution in [0, 0.1) is 0 Å². The molecule has 0 amide bonds. The Morgan fingerprint density at radius 2 is 0.877 bits per heavy atom. The topological polar surface area (TPSA) is 317 Å². The fraction of sp³-hybridized carbons (Fsp3) is 0.130. The summed E-state index contributed by atoms with van der Waals surface area (Å²) < 4.78 is 92.3. The minimum absolute atomic E-state index is 0. The summed E-state index contributed by atoms with van der Waals surface area (Å²) in [7, 11) is -12.6. The van der Waals surface area contributed by atoms with Crippen LogP contribution in [0.2, 0.25) is 0 Å². The van der Waals surface area contributed by atoms with Crippen LogP contribution in [-0.2, 0) is 60.2 Å². The normalized spacial score (nSPS) is 11.5. The van der Waals surface area contributed by atoms with E-state index >= 15 is 0 Å². The number of sulfonamides is 1. The van der Waals surface area contributed by atoms with E-state index in [1.807, 2.05) is 111 Å². The van der Waals surface area contributed by atoms with E-state index in [-0.39, 0.29) is 107 Å². The van der Waals surface area contributed by atoms with Crippen molar-refractivity contribution in [3.05, 3.63) is 163 Å². The van der Waals surface area contributed by atoms with Crippen LogP contribution in [0.4, 0.5) is 11.6 Å². The minimum Gasteiger partial charge on any atom is -0.744 e. The van der Waals surface area contributed by atoms with Crippen LogP contribution in [0.25, 0.3) is 89.7 Å². The molecular weight excluding hydrogens is 1160 g/mol. The second-order valence-electron chi connectivity index (χ2n) is 17.3. The fourth-order valence-corrected chi connectivity index (χ4v) is 10.0. The van der Waals surface area contributed by atoms with Gasteiger partial charge in [0.15, 0.2) is 0 Å². The first-order valence-electron chi connectivity index (χ1n) is 24.1. The second-order valence-corrected chi connectivity index (χ2v) is 21.9. The summed E-state index contributed by atoms with van der Waals surface area (Å²) in [6.45, 7) is 4.15. The molecule has 403 valence electrons. The van der Waals surface area contributed by atoms with Gasteiger partial charge in [0.05, 0.1) is 39.3 Å². The summed E-state index contributed by atoms with van der Waals surface area (Å²) in [5, 5.41) is 6.46. The maximum atomic E-state index is 11.3. The zero-order chi connectivity index (χ0) is 54.8. The SMILES string of the molecule is CC.CS(=O)(=O)NCCCc1nc(Cc2cccc(S(=O)(=O)[O-])c2)nc(Nc2ccc(S(=O)(=O)[O-])cc2)n1.[Cu+2].[Na+].[Na+].c1ccc2c(c1)-c1nc-2nc2[n-]c(nc3nc(nc4[n-]c(n1)c1ccccc41)-c1ccccc1-3)c1ccccc21. The van der Waals surface area contributed by atoms with Gasteiger partial charge in [-0.15, -0.1) is 0 Å². The van der Waals surface area contributed by atoms with Crippen LogP contribution in [-0.4, -0.2) is 92.0 Å². The van der Waals surface area contributed by atoms with E-state index in [0.29, 0.717) is 69.4 Å². The zero-order valence-electron chi connectivity index (χ0n) is 43.9. The number of aryl methyl sites for hydroxylation is 1. The van der Waals surface area contributed by atoms with Crippen molar-refractivity contribution in [3.8, 4) is 45.6 Å². The molecule has 0 atom stereocenters. The number of rotatable bonds is 11. The van der Waals surface area contributed by atoms with Gasteiger partial charge in [-0.2, -0.15) is 9.97 Å². The molecule has 21 nitrogen and oxygen atoms in total. The third-order valence-electron chi connectivity index (χ3n) is 11.9. The van der Waals surface area contributed by atoms with Crippen LogP contribution >= 0.6 is 0 Å². The molecule has 0 aliphatic carbocycles. The van der Waals surface area contributed by atoms with Gasteiger partial charge in [-0.3, -0.25) is 0 Å². The Balaban J connectivity index is 0.000000221. The summed E-state index contributed by atoms with van der Waals surface area (Å²) >= 11 is 0. The van der Waals surface area contributed by atoms with E-state index < -0.39 is 40.1 Å². The van der Waals surface area contributed by atoms with Crippen molar-refractivity contribution >= 4 is 86.0 Å². The van der Waals surface area contributed by atoms with Crippen molar-refractivity contribution < 1.29 is 111 Å². The van der Waals surface area contributed by atoms with E-state index in [1.165, 1.54) is 30.3 Å². The number of aromatic nitrogens is 11. The fourth-order valence-electron chi connectivity index (χ4n) is 8.51. The quantitative estimate of drug-likeness (QED) is 0.106. The number of hydrogen-bond donors (Lipinski definition) is 2. The van der Waals surface area contributed by atoms with Gasteiger partial charge in [-0.25, -0.2) is 44.9 Å².